The normalized spacial score (nSPS) is 21.5. The number of aromatic nitrogens is 4. The fraction of sp³-hybridized carbons (Fsp3) is 0.480. The van der Waals surface area contributed by atoms with Gasteiger partial charge in [0.25, 0.3) is 6.43 Å². The van der Waals surface area contributed by atoms with Gasteiger partial charge in [-0.05, 0) is 32.0 Å². The van der Waals surface area contributed by atoms with Gasteiger partial charge in [-0.1, -0.05) is 12.1 Å². The molecule has 1 aromatic carbocycles. The minimum Gasteiger partial charge on any atom is -0.460 e. The fourth-order valence-corrected chi connectivity index (χ4v) is 4.83. The number of halogens is 2. The summed E-state index contributed by atoms with van der Waals surface area (Å²) >= 11 is 0. The molecule has 2 saturated heterocycles. The molecule has 2 aromatic heterocycles. The zero-order chi connectivity index (χ0) is 26.8. The third-order valence-electron chi connectivity index (χ3n) is 6.90. The summed E-state index contributed by atoms with van der Waals surface area (Å²) in [7, 11) is 2.10. The first-order valence-corrected chi connectivity index (χ1v) is 13.0. The summed E-state index contributed by atoms with van der Waals surface area (Å²) in [6, 6.07) is 7.32. The van der Waals surface area contributed by atoms with Crippen LogP contribution in [0, 0.1) is 0 Å². The number of nitrogens with one attached hydrogen (secondary N) is 1. The van der Waals surface area contributed by atoms with E-state index in [1.54, 1.807) is 48.0 Å². The van der Waals surface area contributed by atoms with Gasteiger partial charge in [-0.25, -0.2) is 43.7 Å². The molecule has 1 unspecified atom stereocenters. The zero-order valence-electron chi connectivity index (χ0n) is 21.5. The first-order valence-electron chi connectivity index (χ1n) is 13.0. The van der Waals surface area contributed by atoms with E-state index in [9.17, 15) is 8.78 Å². The SMILES string of the molecule is CN1CCC(Oc2ncc(NC3N=CN(N4CCOCC4)C(n4c(C(F)F)nc5ccccc54)=N3)cn2)CC1. The maximum Gasteiger partial charge on any atom is 0.316 e. The van der Waals surface area contributed by atoms with Crippen molar-refractivity contribution in [2.75, 3.05) is 51.8 Å². The van der Waals surface area contributed by atoms with Crippen molar-refractivity contribution in [2.45, 2.75) is 31.7 Å². The number of imidazole rings is 1. The van der Waals surface area contributed by atoms with Gasteiger partial charge < -0.3 is 19.7 Å². The first kappa shape index (κ1) is 25.5. The first-order chi connectivity index (χ1) is 19.0. The van der Waals surface area contributed by atoms with Crippen LogP contribution >= 0.6 is 0 Å². The van der Waals surface area contributed by atoms with Gasteiger partial charge in [0.05, 0.1) is 42.3 Å². The predicted octanol–water partition coefficient (Wildman–Crippen LogP) is 2.43. The average molecular weight is 541 g/mol. The highest BCUT2D eigenvalue weighted by Crippen LogP contribution is 2.26. The van der Waals surface area contributed by atoms with Crippen molar-refractivity contribution in [3.8, 4) is 6.01 Å². The molecule has 1 atom stereocenters. The van der Waals surface area contributed by atoms with Crippen molar-refractivity contribution in [1.29, 1.82) is 0 Å². The van der Waals surface area contributed by atoms with Gasteiger partial charge in [-0.15, -0.1) is 0 Å². The Balaban J connectivity index is 1.26. The fourth-order valence-electron chi connectivity index (χ4n) is 4.83. The topological polar surface area (TPSA) is 109 Å². The Hall–Kier alpha value is -3.75. The number of alkyl halides is 2. The number of anilines is 1. The summed E-state index contributed by atoms with van der Waals surface area (Å²) in [4.78, 5) is 24.4. The molecule has 0 amide bonds. The Kier molecular flexibility index (Phi) is 7.30. The van der Waals surface area contributed by atoms with Crippen molar-refractivity contribution < 1.29 is 18.3 Å². The molecule has 0 aliphatic carbocycles. The van der Waals surface area contributed by atoms with Crippen LogP contribution < -0.4 is 10.1 Å². The highest BCUT2D eigenvalue weighted by molar-refractivity contribution is 5.99. The molecule has 0 bridgehead atoms. The lowest BCUT2D eigenvalue weighted by atomic mass is 10.1. The molecule has 3 aromatic rings. The second kappa shape index (κ2) is 11.2. The van der Waals surface area contributed by atoms with E-state index in [4.69, 9.17) is 14.5 Å². The van der Waals surface area contributed by atoms with Crippen LogP contribution in [0.1, 0.15) is 25.1 Å². The molecule has 6 rings (SSSR count). The lowest BCUT2D eigenvalue weighted by Gasteiger charge is -2.38. The van der Waals surface area contributed by atoms with Crippen molar-refractivity contribution in [1.82, 2.24) is 34.4 Å². The third kappa shape index (κ3) is 5.53. The van der Waals surface area contributed by atoms with Gasteiger partial charge in [0.1, 0.15) is 12.4 Å². The number of para-hydroxylation sites is 2. The zero-order valence-corrected chi connectivity index (χ0v) is 21.5. The second-order valence-electron chi connectivity index (χ2n) is 9.59. The minimum absolute atomic E-state index is 0.0929. The van der Waals surface area contributed by atoms with E-state index in [-0.39, 0.29) is 17.9 Å². The van der Waals surface area contributed by atoms with E-state index in [1.165, 1.54) is 4.57 Å². The summed E-state index contributed by atoms with van der Waals surface area (Å²) < 4.78 is 41.2. The summed E-state index contributed by atoms with van der Waals surface area (Å²) in [5, 5.41) is 6.82. The molecule has 12 nitrogen and oxygen atoms in total. The van der Waals surface area contributed by atoms with Gasteiger partial charge in [0, 0.05) is 26.2 Å². The molecule has 2 fully saturated rings. The Morgan fingerprint density at radius 1 is 1.05 bits per heavy atom. The molecule has 1 N–H and O–H groups in total. The molecule has 0 radical (unpaired) electrons. The Labute approximate surface area is 223 Å². The number of ether oxygens (including phenoxy) is 2. The lowest BCUT2D eigenvalue weighted by Crippen LogP contribution is -2.54. The van der Waals surface area contributed by atoms with E-state index in [0.717, 1.165) is 25.9 Å². The number of hydrazine groups is 1. The van der Waals surface area contributed by atoms with Gasteiger partial charge in [-0.2, -0.15) is 0 Å². The number of nitrogens with zero attached hydrogens (tertiary/aromatic N) is 9. The van der Waals surface area contributed by atoms with Crippen LogP contribution in [0.15, 0.2) is 46.6 Å². The lowest BCUT2D eigenvalue weighted by molar-refractivity contribution is -0.0203. The van der Waals surface area contributed by atoms with Crippen LogP contribution in [-0.4, -0.2) is 106 Å². The standard InChI is InChI=1S/C25H30F2N10O2/c1-34-8-6-18(7-9-34)39-24-28-14-17(15-29-24)31-23-30-16-36(35-10-12-38-13-11-35)25(33-23)37-20-5-3-2-4-19(20)32-22(37)21(26)27/h2-5,14-16,18,21,23,31H,6-13H2,1H3. The largest absolute Gasteiger partial charge is 0.460 e. The number of hydrogen-bond acceptors (Lipinski definition) is 11. The van der Waals surface area contributed by atoms with E-state index in [2.05, 4.69) is 37.2 Å². The molecule has 3 aliphatic rings. The molecule has 39 heavy (non-hydrogen) atoms. The number of aliphatic imine (C=N–C) groups is 2. The van der Waals surface area contributed by atoms with Crippen LogP contribution in [0.25, 0.3) is 11.0 Å². The van der Waals surface area contributed by atoms with Crippen LogP contribution in [0.4, 0.5) is 14.5 Å². The van der Waals surface area contributed by atoms with Crippen LogP contribution in [0.3, 0.4) is 0 Å². The minimum atomic E-state index is -2.80. The number of rotatable bonds is 6. The van der Waals surface area contributed by atoms with Crippen LogP contribution in [0.5, 0.6) is 6.01 Å². The van der Waals surface area contributed by atoms with E-state index in [1.807, 2.05) is 5.01 Å². The number of morpholine rings is 1. The molecule has 14 heteroatoms. The van der Waals surface area contributed by atoms with Gasteiger partial charge in [-0.3, -0.25) is 4.57 Å². The number of benzene rings is 1. The quantitative estimate of drug-likeness (QED) is 0.504. The predicted molar refractivity (Wildman–Crippen MR) is 141 cm³/mol. The summed E-state index contributed by atoms with van der Waals surface area (Å²) in [6.45, 7) is 4.10. The smallest absolute Gasteiger partial charge is 0.316 e. The van der Waals surface area contributed by atoms with Gasteiger partial charge in [0.2, 0.25) is 12.2 Å². The second-order valence-corrected chi connectivity index (χ2v) is 9.59. The molecular weight excluding hydrogens is 510 g/mol. The molecule has 3 aliphatic heterocycles. The summed E-state index contributed by atoms with van der Waals surface area (Å²) in [5.41, 5.74) is 1.55. The van der Waals surface area contributed by atoms with Crippen molar-refractivity contribution in [3.63, 3.8) is 0 Å². The highest BCUT2D eigenvalue weighted by Gasteiger charge is 2.31. The van der Waals surface area contributed by atoms with Crippen LogP contribution in [-0.2, 0) is 4.74 Å². The maximum atomic E-state index is 14.2. The monoisotopic (exact) mass is 540 g/mol. The average Bonchev–Trinajstić information content (AvgIpc) is 3.36. The maximum absolute atomic E-state index is 14.2. The highest BCUT2D eigenvalue weighted by atomic mass is 19.3. The number of hydrogen-bond donors (Lipinski definition) is 1. The Morgan fingerprint density at radius 2 is 1.79 bits per heavy atom. The van der Waals surface area contributed by atoms with Gasteiger partial charge in [0.15, 0.2) is 5.82 Å². The Bertz CT molecular complexity index is 1330. The summed E-state index contributed by atoms with van der Waals surface area (Å²) in [5.74, 6) is -0.127. The molecule has 0 saturated carbocycles. The number of piperidine rings is 1. The van der Waals surface area contributed by atoms with Crippen molar-refractivity contribution in [3.05, 3.63) is 42.5 Å². The van der Waals surface area contributed by atoms with Crippen LogP contribution in [0.2, 0.25) is 0 Å². The summed E-state index contributed by atoms with van der Waals surface area (Å²) in [6.07, 6.45) is 3.15. The molecule has 5 heterocycles. The number of likely N-dealkylation sites (tertiary alicyclic amines) is 1. The molecule has 206 valence electrons. The van der Waals surface area contributed by atoms with E-state index >= 15 is 0 Å². The third-order valence-corrected chi connectivity index (χ3v) is 6.90. The number of fused-ring (bicyclic) bond motifs is 1. The molecular formula is C25H30F2N10O2. The van der Waals surface area contributed by atoms with Crippen molar-refractivity contribution in [2.24, 2.45) is 9.98 Å². The van der Waals surface area contributed by atoms with Gasteiger partial charge >= 0.3 is 6.01 Å². The molecule has 0 spiro atoms. The van der Waals surface area contributed by atoms with E-state index < -0.39 is 12.7 Å². The Morgan fingerprint density at radius 3 is 2.54 bits per heavy atom. The van der Waals surface area contributed by atoms with Crippen molar-refractivity contribution >= 4 is 29.0 Å². The van der Waals surface area contributed by atoms with E-state index in [0.29, 0.717) is 49.0 Å².